The van der Waals surface area contributed by atoms with Gasteiger partial charge in [-0.05, 0) is 65.6 Å². The van der Waals surface area contributed by atoms with Gasteiger partial charge in [0.05, 0.1) is 11.3 Å². The van der Waals surface area contributed by atoms with Crippen molar-refractivity contribution in [1.29, 1.82) is 0 Å². The van der Waals surface area contributed by atoms with E-state index in [1.165, 1.54) is 0 Å². The van der Waals surface area contributed by atoms with Crippen LogP contribution in [0.25, 0.3) is 0 Å². The van der Waals surface area contributed by atoms with E-state index in [1.54, 1.807) is 6.20 Å². The number of aryl methyl sites for hydroxylation is 1. The van der Waals surface area contributed by atoms with E-state index in [0.717, 1.165) is 89.3 Å². The molecule has 29 heavy (non-hydrogen) atoms. The third-order valence-electron chi connectivity index (χ3n) is 6.86. The molecule has 0 bridgehead atoms. The van der Waals surface area contributed by atoms with Crippen molar-refractivity contribution in [2.75, 3.05) is 46.3 Å². The number of carbonyl (C=O) groups excluding carboxylic acids is 2. The van der Waals surface area contributed by atoms with Gasteiger partial charge in [-0.1, -0.05) is 0 Å². The van der Waals surface area contributed by atoms with Crippen molar-refractivity contribution < 1.29 is 9.59 Å². The highest BCUT2D eigenvalue weighted by molar-refractivity contribution is 5.95. The van der Waals surface area contributed by atoms with Crippen LogP contribution in [-0.4, -0.2) is 82.8 Å². The summed E-state index contributed by atoms with van der Waals surface area (Å²) >= 11 is 0. The lowest BCUT2D eigenvalue weighted by Gasteiger charge is -2.36. The number of piperidine rings is 2. The van der Waals surface area contributed by atoms with Crippen molar-refractivity contribution in [3.8, 4) is 0 Å². The van der Waals surface area contributed by atoms with Crippen molar-refractivity contribution >= 4 is 11.8 Å². The first-order chi connectivity index (χ1) is 14.0. The minimum Gasteiger partial charge on any atom is -0.342 e. The van der Waals surface area contributed by atoms with Gasteiger partial charge in [0.1, 0.15) is 5.82 Å². The van der Waals surface area contributed by atoms with Gasteiger partial charge in [0.2, 0.25) is 5.91 Å². The molecular weight excluding hydrogens is 366 g/mol. The summed E-state index contributed by atoms with van der Waals surface area (Å²) in [7, 11) is 2.12. The average Bonchev–Trinajstić information content (AvgIpc) is 3.28. The number of hydrogen-bond acceptors (Lipinski definition) is 5. The highest BCUT2D eigenvalue weighted by Crippen LogP contribution is 2.28. The number of hydrogen-bond donors (Lipinski definition) is 0. The first-order valence-electron chi connectivity index (χ1n) is 11.1. The maximum Gasteiger partial charge on any atom is 0.257 e. The van der Waals surface area contributed by atoms with Crippen LogP contribution >= 0.6 is 0 Å². The first-order valence-corrected chi connectivity index (χ1v) is 11.1. The second-order valence-corrected chi connectivity index (χ2v) is 8.90. The largest absolute Gasteiger partial charge is 0.342 e. The number of rotatable bonds is 3. The standard InChI is InChI=1S/C22H33N5O2/c1-16-19(22(29)26-9-3-4-10-26)15-23-20(24-16)17-7-13-27(14-8-17)21(28)18-5-11-25(2)12-6-18/h15,17-18H,3-14H2,1-2H3. The van der Waals surface area contributed by atoms with E-state index >= 15 is 0 Å². The highest BCUT2D eigenvalue weighted by Gasteiger charge is 2.31. The molecule has 1 aromatic heterocycles. The van der Waals surface area contributed by atoms with Gasteiger partial charge in [-0.3, -0.25) is 9.59 Å². The Morgan fingerprint density at radius 3 is 2.21 bits per heavy atom. The van der Waals surface area contributed by atoms with Crippen LogP contribution < -0.4 is 0 Å². The lowest BCUT2D eigenvalue weighted by Crippen LogP contribution is -2.44. The molecule has 0 aliphatic carbocycles. The van der Waals surface area contributed by atoms with Gasteiger partial charge >= 0.3 is 0 Å². The van der Waals surface area contributed by atoms with Gasteiger partial charge in [-0.2, -0.15) is 0 Å². The molecule has 0 spiro atoms. The summed E-state index contributed by atoms with van der Waals surface area (Å²) in [6.45, 7) is 7.19. The highest BCUT2D eigenvalue weighted by atomic mass is 16.2. The van der Waals surface area contributed by atoms with E-state index in [1.807, 2.05) is 16.7 Å². The maximum atomic E-state index is 12.8. The molecule has 3 aliphatic rings. The van der Waals surface area contributed by atoms with Crippen molar-refractivity contribution in [2.45, 2.75) is 51.4 Å². The number of carbonyl (C=O) groups is 2. The van der Waals surface area contributed by atoms with Crippen molar-refractivity contribution in [3.05, 3.63) is 23.3 Å². The predicted molar refractivity (Wildman–Crippen MR) is 111 cm³/mol. The normalized spacial score (nSPS) is 22.3. The van der Waals surface area contributed by atoms with Crippen LogP contribution in [0.1, 0.15) is 66.3 Å². The summed E-state index contributed by atoms with van der Waals surface area (Å²) < 4.78 is 0. The van der Waals surface area contributed by atoms with Gasteiger partial charge in [0.15, 0.2) is 0 Å². The molecular formula is C22H33N5O2. The molecule has 4 heterocycles. The molecule has 7 heteroatoms. The summed E-state index contributed by atoms with van der Waals surface area (Å²) in [4.78, 5) is 41.0. The number of amides is 2. The number of aromatic nitrogens is 2. The van der Waals surface area contributed by atoms with E-state index < -0.39 is 0 Å². The molecule has 3 saturated heterocycles. The minimum absolute atomic E-state index is 0.0603. The smallest absolute Gasteiger partial charge is 0.257 e. The molecule has 0 unspecified atom stereocenters. The molecule has 4 rings (SSSR count). The molecule has 7 nitrogen and oxygen atoms in total. The van der Waals surface area contributed by atoms with E-state index in [4.69, 9.17) is 0 Å². The Kier molecular flexibility index (Phi) is 6.13. The van der Waals surface area contributed by atoms with Crippen LogP contribution in [0.4, 0.5) is 0 Å². The van der Waals surface area contributed by atoms with Crippen LogP contribution in [-0.2, 0) is 4.79 Å². The fourth-order valence-corrected chi connectivity index (χ4v) is 4.85. The Balaban J connectivity index is 1.34. The van der Waals surface area contributed by atoms with Crippen LogP contribution in [0.2, 0.25) is 0 Å². The minimum atomic E-state index is 0.0603. The molecule has 3 aliphatic heterocycles. The first kappa shape index (κ1) is 20.3. The molecule has 0 aromatic carbocycles. The average molecular weight is 400 g/mol. The van der Waals surface area contributed by atoms with Gasteiger partial charge in [-0.15, -0.1) is 0 Å². The van der Waals surface area contributed by atoms with Crippen LogP contribution in [0.5, 0.6) is 0 Å². The zero-order chi connectivity index (χ0) is 20.4. The Morgan fingerprint density at radius 2 is 1.59 bits per heavy atom. The monoisotopic (exact) mass is 399 g/mol. The second kappa shape index (κ2) is 8.78. The maximum absolute atomic E-state index is 12.8. The predicted octanol–water partition coefficient (Wildman–Crippen LogP) is 2.07. The molecule has 1 aromatic rings. The summed E-state index contributed by atoms with van der Waals surface area (Å²) in [5.74, 6) is 1.68. The Hall–Kier alpha value is -2.02. The number of likely N-dealkylation sites (tertiary alicyclic amines) is 3. The topological polar surface area (TPSA) is 69.6 Å². The van der Waals surface area contributed by atoms with Crippen molar-refractivity contribution in [2.24, 2.45) is 5.92 Å². The van der Waals surface area contributed by atoms with Gasteiger partial charge in [0, 0.05) is 44.2 Å². The fraction of sp³-hybridized carbons (Fsp3) is 0.727. The van der Waals surface area contributed by atoms with Crippen molar-refractivity contribution in [1.82, 2.24) is 24.7 Å². The summed E-state index contributed by atoms with van der Waals surface area (Å²) in [6.07, 6.45) is 7.63. The molecule has 0 radical (unpaired) electrons. The summed E-state index contributed by atoms with van der Waals surface area (Å²) in [6, 6.07) is 0. The van der Waals surface area contributed by atoms with Crippen LogP contribution in [0, 0.1) is 12.8 Å². The van der Waals surface area contributed by atoms with Gasteiger partial charge in [0.25, 0.3) is 5.91 Å². The lowest BCUT2D eigenvalue weighted by molar-refractivity contribution is -0.138. The van der Waals surface area contributed by atoms with Gasteiger partial charge in [-0.25, -0.2) is 9.97 Å². The van der Waals surface area contributed by atoms with Gasteiger partial charge < -0.3 is 14.7 Å². The third kappa shape index (κ3) is 4.44. The Bertz CT molecular complexity index is 746. The SMILES string of the molecule is Cc1nc(C2CCN(C(=O)C3CCN(C)CC3)CC2)ncc1C(=O)N1CCCC1. The van der Waals surface area contributed by atoms with Crippen LogP contribution in [0.3, 0.4) is 0 Å². The van der Waals surface area contributed by atoms with Crippen LogP contribution in [0.15, 0.2) is 6.20 Å². The lowest BCUT2D eigenvalue weighted by atomic mass is 9.91. The zero-order valence-corrected chi connectivity index (χ0v) is 17.8. The zero-order valence-electron chi connectivity index (χ0n) is 17.8. The van der Waals surface area contributed by atoms with Crippen molar-refractivity contribution in [3.63, 3.8) is 0 Å². The molecule has 158 valence electrons. The summed E-state index contributed by atoms with van der Waals surface area (Å²) in [5, 5.41) is 0. The Morgan fingerprint density at radius 1 is 0.931 bits per heavy atom. The second-order valence-electron chi connectivity index (χ2n) is 8.90. The summed E-state index contributed by atoms with van der Waals surface area (Å²) in [5.41, 5.74) is 1.40. The third-order valence-corrected chi connectivity index (χ3v) is 6.86. The molecule has 0 atom stereocenters. The molecule has 0 saturated carbocycles. The number of nitrogens with zero attached hydrogens (tertiary/aromatic N) is 5. The quantitative estimate of drug-likeness (QED) is 0.778. The molecule has 3 fully saturated rings. The fourth-order valence-electron chi connectivity index (χ4n) is 4.85. The molecule has 2 amide bonds. The van der Waals surface area contributed by atoms with E-state index in [9.17, 15) is 9.59 Å². The van der Waals surface area contributed by atoms with E-state index in [2.05, 4.69) is 21.9 Å². The van der Waals surface area contributed by atoms with E-state index in [-0.39, 0.29) is 17.7 Å². The molecule has 0 N–H and O–H groups in total. The Labute approximate surface area is 173 Å². The van der Waals surface area contributed by atoms with E-state index in [0.29, 0.717) is 11.5 Å².